The molecule has 1 aromatic rings. The number of hydrogen-bond acceptors (Lipinski definition) is 5. The van der Waals surface area contributed by atoms with Crippen LogP contribution >= 0.6 is 0 Å². The van der Waals surface area contributed by atoms with Gasteiger partial charge in [-0.3, -0.25) is 10.1 Å². The third kappa shape index (κ3) is 1.86. The van der Waals surface area contributed by atoms with E-state index >= 15 is 0 Å². The van der Waals surface area contributed by atoms with E-state index in [4.69, 9.17) is 5.26 Å². The van der Waals surface area contributed by atoms with Gasteiger partial charge in [0.25, 0.3) is 5.69 Å². The predicted molar refractivity (Wildman–Crippen MR) is 46.4 cm³/mol. The number of thiol groups is 1. The molecule has 0 N–H and O–H groups in total. The van der Waals surface area contributed by atoms with Crippen molar-refractivity contribution in [1.29, 1.82) is 5.26 Å². The maximum Gasteiger partial charge on any atom is 0.270 e. The Kier molecular flexibility index (Phi) is 2.79. The van der Waals surface area contributed by atoms with Gasteiger partial charge >= 0.3 is 0 Å². The van der Waals surface area contributed by atoms with Crippen LogP contribution in [0.15, 0.2) is 23.1 Å². The minimum atomic E-state index is -2.90. The number of nitro benzene ring substituents is 1. The van der Waals surface area contributed by atoms with E-state index in [1.807, 2.05) is 0 Å². The number of nitrogens with zero attached hydrogens (tertiary/aromatic N) is 2. The molecule has 7 heteroatoms. The van der Waals surface area contributed by atoms with Gasteiger partial charge in [0.05, 0.1) is 15.4 Å². The number of rotatable bonds is 2. The molecule has 0 spiro atoms. The first-order valence-electron chi connectivity index (χ1n) is 3.39. The van der Waals surface area contributed by atoms with E-state index in [9.17, 15) is 18.5 Å². The molecule has 6 nitrogen and oxygen atoms in total. The van der Waals surface area contributed by atoms with Gasteiger partial charge in [-0.1, -0.05) is 0 Å². The monoisotopic (exact) mass is 212 g/mol. The van der Waals surface area contributed by atoms with Crippen LogP contribution in [0, 0.1) is 21.4 Å². The molecular formula is C7H4N2O4S. The molecule has 0 aliphatic heterocycles. The normalized spacial score (nSPS) is 9.71. The first-order valence-corrected chi connectivity index (χ1v) is 4.57. The van der Waals surface area contributed by atoms with Crippen molar-refractivity contribution in [1.82, 2.24) is 0 Å². The molecule has 0 bridgehead atoms. The van der Waals surface area contributed by atoms with Crippen LogP contribution < -0.4 is 0 Å². The van der Waals surface area contributed by atoms with E-state index in [1.165, 1.54) is 0 Å². The van der Waals surface area contributed by atoms with Crippen molar-refractivity contribution in [3.8, 4) is 6.07 Å². The number of nitro groups is 1. The maximum atomic E-state index is 10.6. The molecule has 1 aromatic carbocycles. The number of hydrogen-bond donors (Lipinski definition) is 1. The molecule has 0 fully saturated rings. The topological polar surface area (TPSA) is 101 Å². The van der Waals surface area contributed by atoms with Crippen LogP contribution in [-0.2, 0) is 10.7 Å². The second kappa shape index (κ2) is 3.85. The lowest BCUT2D eigenvalue weighted by Crippen LogP contribution is -1.92. The third-order valence-electron chi connectivity index (χ3n) is 1.51. The molecule has 0 saturated carbocycles. The molecule has 0 unspecified atom stereocenters. The van der Waals surface area contributed by atoms with Crippen LogP contribution in [0.25, 0.3) is 0 Å². The van der Waals surface area contributed by atoms with E-state index in [2.05, 4.69) is 0 Å². The number of benzene rings is 1. The second-order valence-electron chi connectivity index (χ2n) is 2.33. The van der Waals surface area contributed by atoms with E-state index in [-0.39, 0.29) is 16.1 Å². The van der Waals surface area contributed by atoms with Gasteiger partial charge < -0.3 is 0 Å². The molecule has 0 aliphatic carbocycles. The molecule has 0 heterocycles. The molecule has 0 amide bonds. The summed E-state index contributed by atoms with van der Waals surface area (Å²) in [5.74, 6) is 0. The fourth-order valence-electron chi connectivity index (χ4n) is 0.886. The summed E-state index contributed by atoms with van der Waals surface area (Å²) in [6, 6.07) is 4.60. The third-order valence-corrected chi connectivity index (χ3v) is 2.29. The molecule has 1 rings (SSSR count). The van der Waals surface area contributed by atoms with E-state index in [0.29, 0.717) is 0 Å². The van der Waals surface area contributed by atoms with Gasteiger partial charge in [-0.25, -0.2) is 8.42 Å². The van der Waals surface area contributed by atoms with Gasteiger partial charge in [0.1, 0.15) is 6.07 Å². The lowest BCUT2D eigenvalue weighted by atomic mass is 10.2. The summed E-state index contributed by atoms with van der Waals surface area (Å²) in [5.41, 5.74) is -0.516. The zero-order chi connectivity index (χ0) is 10.7. The summed E-state index contributed by atoms with van der Waals surface area (Å²) in [4.78, 5) is 9.40. The van der Waals surface area contributed by atoms with Crippen LogP contribution in [0.3, 0.4) is 0 Å². The van der Waals surface area contributed by atoms with E-state index in [1.54, 1.807) is 6.07 Å². The standard InChI is InChI=1S/C7H4N2O4S/c8-4-5-3-6(9(10)11)1-2-7(5)14(12)13/h1-3,14H. The summed E-state index contributed by atoms with van der Waals surface area (Å²) in [7, 11) is -2.90. The molecule has 72 valence electrons. The Labute approximate surface area is 80.5 Å². The lowest BCUT2D eigenvalue weighted by Gasteiger charge is -1.94. The van der Waals surface area contributed by atoms with Crippen LogP contribution in [0.5, 0.6) is 0 Å². The molecule has 0 radical (unpaired) electrons. The minimum absolute atomic E-state index is 0.201. The Balaban J connectivity index is 3.41. The molecule has 0 saturated heterocycles. The summed E-state index contributed by atoms with van der Waals surface area (Å²) in [6.07, 6.45) is 0. The molecule has 0 aromatic heterocycles. The minimum Gasteiger partial charge on any atom is -0.258 e. The largest absolute Gasteiger partial charge is 0.270 e. The van der Waals surface area contributed by atoms with E-state index in [0.717, 1.165) is 18.2 Å². The predicted octanol–water partition coefficient (Wildman–Crippen LogP) is 0.437. The highest BCUT2D eigenvalue weighted by Crippen LogP contribution is 2.17. The van der Waals surface area contributed by atoms with Crippen LogP contribution in [-0.4, -0.2) is 13.3 Å². The zero-order valence-electron chi connectivity index (χ0n) is 6.71. The Morgan fingerprint density at radius 1 is 1.43 bits per heavy atom. The van der Waals surface area contributed by atoms with Gasteiger partial charge in [-0.05, 0) is 6.07 Å². The number of nitriles is 1. The van der Waals surface area contributed by atoms with Gasteiger partial charge in [-0.2, -0.15) is 5.26 Å². The highest BCUT2D eigenvalue weighted by Gasteiger charge is 2.11. The highest BCUT2D eigenvalue weighted by molar-refractivity contribution is 7.72. The Morgan fingerprint density at radius 2 is 2.07 bits per heavy atom. The Bertz CT molecular complexity index is 493. The van der Waals surface area contributed by atoms with E-state index < -0.39 is 15.6 Å². The fraction of sp³-hybridized carbons (Fsp3) is 0. The van der Waals surface area contributed by atoms with Crippen molar-refractivity contribution in [3.63, 3.8) is 0 Å². The van der Waals surface area contributed by atoms with Crippen LogP contribution in [0.2, 0.25) is 0 Å². The Hall–Kier alpha value is -1.94. The van der Waals surface area contributed by atoms with Crippen molar-refractivity contribution < 1.29 is 13.3 Å². The zero-order valence-corrected chi connectivity index (χ0v) is 7.60. The van der Waals surface area contributed by atoms with Gasteiger partial charge in [-0.15, -0.1) is 0 Å². The summed E-state index contributed by atoms with van der Waals surface area (Å²) < 4.78 is 21.2. The quantitative estimate of drug-likeness (QED) is 0.435. The first-order chi connectivity index (χ1) is 6.56. The van der Waals surface area contributed by atoms with Crippen LogP contribution in [0.1, 0.15) is 5.56 Å². The average molecular weight is 212 g/mol. The number of non-ortho nitro benzene ring substituents is 1. The van der Waals surface area contributed by atoms with Crippen molar-refractivity contribution in [2.24, 2.45) is 0 Å². The molecular weight excluding hydrogens is 208 g/mol. The molecule has 0 atom stereocenters. The maximum absolute atomic E-state index is 10.6. The smallest absolute Gasteiger partial charge is 0.258 e. The second-order valence-corrected chi connectivity index (χ2v) is 3.32. The van der Waals surface area contributed by atoms with Crippen molar-refractivity contribution in [2.75, 3.05) is 0 Å². The van der Waals surface area contributed by atoms with Crippen LogP contribution in [0.4, 0.5) is 5.69 Å². The van der Waals surface area contributed by atoms with Crippen molar-refractivity contribution in [3.05, 3.63) is 33.9 Å². The Morgan fingerprint density at radius 3 is 2.50 bits per heavy atom. The van der Waals surface area contributed by atoms with Gasteiger partial charge in [0.2, 0.25) is 0 Å². The van der Waals surface area contributed by atoms with Crippen molar-refractivity contribution in [2.45, 2.75) is 4.90 Å². The van der Waals surface area contributed by atoms with Gasteiger partial charge in [0, 0.05) is 12.1 Å². The first kappa shape index (κ1) is 10.1. The SMILES string of the molecule is N#Cc1cc([N+](=O)[O-])ccc1[SH](=O)=O. The summed E-state index contributed by atoms with van der Waals surface area (Å²) in [6.45, 7) is 0. The summed E-state index contributed by atoms with van der Waals surface area (Å²) in [5, 5.41) is 18.8. The summed E-state index contributed by atoms with van der Waals surface area (Å²) >= 11 is 0. The van der Waals surface area contributed by atoms with Gasteiger partial charge in [0.15, 0.2) is 10.7 Å². The average Bonchev–Trinajstić information content (AvgIpc) is 2.16. The highest BCUT2D eigenvalue weighted by atomic mass is 32.2. The molecule has 14 heavy (non-hydrogen) atoms. The molecule has 0 aliphatic rings. The fourth-order valence-corrected chi connectivity index (χ4v) is 1.39. The lowest BCUT2D eigenvalue weighted by molar-refractivity contribution is -0.384. The van der Waals surface area contributed by atoms with Crippen molar-refractivity contribution >= 4 is 16.4 Å².